The molecule has 9 heteroatoms. The van der Waals surface area contributed by atoms with Crippen molar-refractivity contribution in [3.05, 3.63) is 76.6 Å². The molecular weight excluding hydrogens is 404 g/mol. The van der Waals surface area contributed by atoms with E-state index in [1.165, 1.54) is 16.4 Å². The molecule has 1 saturated carbocycles. The van der Waals surface area contributed by atoms with Crippen molar-refractivity contribution in [3.8, 4) is 5.69 Å². The number of nitrogens with zero attached hydrogens (tertiary/aromatic N) is 3. The van der Waals surface area contributed by atoms with Crippen LogP contribution in [0.1, 0.15) is 46.9 Å². The molecule has 30 heavy (non-hydrogen) atoms. The molecule has 0 saturated heterocycles. The summed E-state index contributed by atoms with van der Waals surface area (Å²) in [6, 6.07) is 14.9. The fourth-order valence-electron chi connectivity index (χ4n) is 3.34. The molecule has 1 aliphatic carbocycles. The number of nitrogens with two attached hydrogens (primary N) is 1. The maximum absolute atomic E-state index is 12.4. The minimum absolute atomic E-state index is 0.0998. The van der Waals surface area contributed by atoms with Gasteiger partial charge in [0, 0.05) is 17.0 Å². The van der Waals surface area contributed by atoms with Crippen molar-refractivity contribution in [2.75, 3.05) is 0 Å². The van der Waals surface area contributed by atoms with Crippen molar-refractivity contribution in [3.63, 3.8) is 0 Å². The summed E-state index contributed by atoms with van der Waals surface area (Å²) in [6.45, 7) is 1.92. The molecule has 0 bridgehead atoms. The summed E-state index contributed by atoms with van der Waals surface area (Å²) in [5.41, 5.74) is 8.15. The normalized spacial score (nSPS) is 18.5. The molecular formula is C21H21ClN6O2. The number of benzene rings is 2. The molecule has 3 amide bonds. The summed E-state index contributed by atoms with van der Waals surface area (Å²) < 4.78 is 1.47. The zero-order chi connectivity index (χ0) is 21.3. The van der Waals surface area contributed by atoms with Crippen molar-refractivity contribution in [1.82, 2.24) is 25.6 Å². The number of urea groups is 1. The third kappa shape index (κ3) is 4.44. The first-order valence-corrected chi connectivity index (χ1v) is 9.93. The third-order valence-corrected chi connectivity index (χ3v) is 5.41. The van der Waals surface area contributed by atoms with E-state index in [1.807, 2.05) is 55.5 Å². The number of carbonyl (C=O) groups excluding carboxylic acids is 2. The Balaban J connectivity index is 1.31. The van der Waals surface area contributed by atoms with E-state index in [4.69, 9.17) is 17.3 Å². The lowest BCUT2D eigenvalue weighted by Gasteiger charge is -2.15. The van der Waals surface area contributed by atoms with Crippen LogP contribution in [0.4, 0.5) is 4.79 Å². The monoisotopic (exact) mass is 424 g/mol. The van der Waals surface area contributed by atoms with Gasteiger partial charge < -0.3 is 16.4 Å². The highest BCUT2D eigenvalue weighted by atomic mass is 35.5. The minimum Gasteiger partial charge on any atom is -0.364 e. The number of aromatic nitrogens is 3. The molecule has 4 N–H and O–H groups in total. The lowest BCUT2D eigenvalue weighted by atomic mass is 10.1. The Hall–Kier alpha value is -3.39. The van der Waals surface area contributed by atoms with Crippen LogP contribution in [0.3, 0.4) is 0 Å². The number of primary amides is 1. The van der Waals surface area contributed by atoms with Gasteiger partial charge in [-0.25, -0.2) is 9.48 Å². The first-order chi connectivity index (χ1) is 14.4. The zero-order valence-electron chi connectivity index (χ0n) is 16.2. The first-order valence-electron chi connectivity index (χ1n) is 9.55. The van der Waals surface area contributed by atoms with Gasteiger partial charge in [0.15, 0.2) is 5.69 Å². The quantitative estimate of drug-likeness (QED) is 0.564. The van der Waals surface area contributed by atoms with Gasteiger partial charge in [-0.1, -0.05) is 41.1 Å². The average molecular weight is 425 g/mol. The standard InChI is InChI=1S/C21H21ClN6O2/c1-12(13-4-8-16(9-5-13)28-11-19(20(23)29)26-27-28)24-21(30)25-18-10-17(18)14-2-6-15(22)7-3-14/h2-9,11-12,17-18H,10H2,1H3,(H2,23,29)(H2,24,25,30)/t12?,17-,18+/m0/s1. The Labute approximate surface area is 178 Å². The molecule has 154 valence electrons. The van der Waals surface area contributed by atoms with Gasteiger partial charge >= 0.3 is 6.03 Å². The fraction of sp³-hybridized carbons (Fsp3) is 0.238. The molecule has 0 aliphatic heterocycles. The number of rotatable bonds is 6. The topological polar surface area (TPSA) is 115 Å². The van der Waals surface area contributed by atoms with Crippen LogP contribution in [0, 0.1) is 0 Å². The molecule has 1 fully saturated rings. The van der Waals surface area contributed by atoms with Gasteiger partial charge in [-0.05, 0) is 48.7 Å². The highest BCUT2D eigenvalue weighted by Crippen LogP contribution is 2.41. The van der Waals surface area contributed by atoms with Crippen LogP contribution in [0.25, 0.3) is 5.69 Å². The number of nitrogens with one attached hydrogen (secondary N) is 2. The summed E-state index contributed by atoms with van der Waals surface area (Å²) in [5.74, 6) is -0.300. The molecule has 1 unspecified atom stereocenters. The lowest BCUT2D eigenvalue weighted by Crippen LogP contribution is -2.38. The van der Waals surface area contributed by atoms with Crippen molar-refractivity contribution in [1.29, 1.82) is 0 Å². The van der Waals surface area contributed by atoms with Gasteiger partial charge in [0.2, 0.25) is 0 Å². The number of hydrogen-bond donors (Lipinski definition) is 3. The van der Waals surface area contributed by atoms with Crippen LogP contribution in [-0.4, -0.2) is 33.0 Å². The lowest BCUT2D eigenvalue weighted by molar-refractivity contribution is 0.0995. The number of carbonyl (C=O) groups is 2. The molecule has 2 aromatic carbocycles. The van der Waals surface area contributed by atoms with Crippen LogP contribution >= 0.6 is 11.6 Å². The largest absolute Gasteiger partial charge is 0.364 e. The molecule has 4 rings (SSSR count). The Morgan fingerprint density at radius 3 is 2.50 bits per heavy atom. The highest BCUT2D eigenvalue weighted by molar-refractivity contribution is 6.30. The van der Waals surface area contributed by atoms with E-state index in [0.29, 0.717) is 10.9 Å². The highest BCUT2D eigenvalue weighted by Gasteiger charge is 2.39. The van der Waals surface area contributed by atoms with E-state index in [9.17, 15) is 9.59 Å². The molecule has 3 atom stereocenters. The number of hydrogen-bond acceptors (Lipinski definition) is 4. The van der Waals surface area contributed by atoms with Crippen molar-refractivity contribution in [2.45, 2.75) is 31.3 Å². The van der Waals surface area contributed by atoms with Crippen LogP contribution in [0.5, 0.6) is 0 Å². The molecule has 3 aromatic rings. The van der Waals surface area contributed by atoms with E-state index < -0.39 is 5.91 Å². The molecule has 1 heterocycles. The average Bonchev–Trinajstić information content (AvgIpc) is 3.29. The molecule has 0 radical (unpaired) electrons. The summed E-state index contributed by atoms with van der Waals surface area (Å²) in [6.07, 6.45) is 2.39. The van der Waals surface area contributed by atoms with Crippen LogP contribution in [0.15, 0.2) is 54.7 Å². The van der Waals surface area contributed by atoms with Crippen LogP contribution < -0.4 is 16.4 Å². The second kappa shape index (κ2) is 8.16. The van der Waals surface area contributed by atoms with Gasteiger partial charge in [-0.3, -0.25) is 4.79 Å². The van der Waals surface area contributed by atoms with Crippen molar-refractivity contribution >= 4 is 23.5 Å². The summed E-state index contributed by atoms with van der Waals surface area (Å²) in [7, 11) is 0. The van der Waals surface area contributed by atoms with E-state index in [1.54, 1.807) is 0 Å². The van der Waals surface area contributed by atoms with Crippen molar-refractivity contribution < 1.29 is 9.59 Å². The van der Waals surface area contributed by atoms with E-state index in [-0.39, 0.29) is 23.8 Å². The fourth-order valence-corrected chi connectivity index (χ4v) is 3.47. The second-order valence-electron chi connectivity index (χ2n) is 7.34. The molecule has 8 nitrogen and oxygen atoms in total. The molecule has 1 aliphatic rings. The Kier molecular flexibility index (Phi) is 5.41. The van der Waals surface area contributed by atoms with Gasteiger partial charge in [-0.15, -0.1) is 5.10 Å². The summed E-state index contributed by atoms with van der Waals surface area (Å²) in [4.78, 5) is 23.5. The maximum atomic E-state index is 12.4. The van der Waals surface area contributed by atoms with Crippen molar-refractivity contribution in [2.24, 2.45) is 5.73 Å². The molecule has 1 aromatic heterocycles. The number of halogens is 1. The van der Waals surface area contributed by atoms with Gasteiger partial charge in [-0.2, -0.15) is 0 Å². The van der Waals surface area contributed by atoms with Gasteiger partial charge in [0.1, 0.15) is 0 Å². The van der Waals surface area contributed by atoms with Crippen LogP contribution in [0.2, 0.25) is 5.02 Å². The van der Waals surface area contributed by atoms with Gasteiger partial charge in [0.05, 0.1) is 17.9 Å². The smallest absolute Gasteiger partial charge is 0.315 e. The number of amides is 3. The maximum Gasteiger partial charge on any atom is 0.315 e. The Morgan fingerprint density at radius 1 is 1.17 bits per heavy atom. The molecule has 0 spiro atoms. The predicted octanol–water partition coefficient (Wildman–Crippen LogP) is 2.94. The predicted molar refractivity (Wildman–Crippen MR) is 113 cm³/mol. The van der Waals surface area contributed by atoms with E-state index in [0.717, 1.165) is 17.7 Å². The Bertz CT molecular complexity index is 1060. The summed E-state index contributed by atoms with van der Waals surface area (Å²) in [5, 5.41) is 14.3. The van der Waals surface area contributed by atoms with Crippen LogP contribution in [-0.2, 0) is 0 Å². The summed E-state index contributed by atoms with van der Waals surface area (Å²) >= 11 is 5.92. The minimum atomic E-state index is -0.629. The van der Waals surface area contributed by atoms with Gasteiger partial charge in [0.25, 0.3) is 5.91 Å². The Morgan fingerprint density at radius 2 is 1.87 bits per heavy atom. The second-order valence-corrected chi connectivity index (χ2v) is 7.78. The van der Waals surface area contributed by atoms with E-state index in [2.05, 4.69) is 20.9 Å². The zero-order valence-corrected chi connectivity index (χ0v) is 17.0. The third-order valence-electron chi connectivity index (χ3n) is 5.16. The van der Waals surface area contributed by atoms with E-state index >= 15 is 0 Å². The SMILES string of the molecule is CC(NC(=O)N[C@@H]1C[C@H]1c1ccc(Cl)cc1)c1ccc(-n2cc(C(N)=O)nn2)cc1. The first kappa shape index (κ1) is 19.9.